The van der Waals surface area contributed by atoms with Gasteiger partial charge >= 0.3 is 7.12 Å². The summed E-state index contributed by atoms with van der Waals surface area (Å²) in [5, 5.41) is 0.651. The first-order valence-electron chi connectivity index (χ1n) is 15.2. The van der Waals surface area contributed by atoms with Gasteiger partial charge in [0.25, 0.3) is 0 Å². The maximum absolute atomic E-state index is 12.9. The van der Waals surface area contributed by atoms with Gasteiger partial charge in [-0.2, -0.15) is 0 Å². The third-order valence-corrected chi connectivity index (χ3v) is 9.93. The van der Waals surface area contributed by atoms with Crippen LogP contribution in [-0.4, -0.2) is 57.4 Å². The molecule has 2 fully saturated rings. The molecule has 0 saturated carbocycles. The number of fused-ring (bicyclic) bond motifs is 2. The number of hydrogen-bond acceptors (Lipinski definition) is 5. The first kappa shape index (κ1) is 28.7. The lowest BCUT2D eigenvalue weighted by Crippen LogP contribution is -2.46. The molecular weight excluding hydrogens is 562 g/mol. The van der Waals surface area contributed by atoms with Crippen LogP contribution in [-0.2, 0) is 22.3 Å². The van der Waals surface area contributed by atoms with Crippen molar-refractivity contribution in [1.82, 2.24) is 19.3 Å². The van der Waals surface area contributed by atoms with Gasteiger partial charge in [0, 0.05) is 50.3 Å². The molecule has 3 aliphatic rings. The molecule has 0 atom stereocenters. The summed E-state index contributed by atoms with van der Waals surface area (Å²) in [5.74, 6) is 0.162. The highest BCUT2D eigenvalue weighted by molar-refractivity contribution is 6.62. The molecule has 0 bridgehead atoms. The minimum Gasteiger partial charge on any atom is -0.399 e. The van der Waals surface area contributed by atoms with Crippen molar-refractivity contribution in [2.75, 3.05) is 19.8 Å². The minimum atomic E-state index is -0.411. The van der Waals surface area contributed by atoms with E-state index in [9.17, 15) is 4.39 Å². The van der Waals surface area contributed by atoms with Crippen molar-refractivity contribution in [1.29, 1.82) is 0 Å². The molecule has 6 nitrogen and oxygen atoms in total. The Labute approximate surface area is 258 Å². The van der Waals surface area contributed by atoms with Crippen LogP contribution in [0.4, 0.5) is 4.39 Å². The van der Waals surface area contributed by atoms with Crippen LogP contribution in [0.25, 0.3) is 16.8 Å². The largest absolute Gasteiger partial charge is 0.494 e. The molecule has 3 aromatic heterocycles. The van der Waals surface area contributed by atoms with Crippen molar-refractivity contribution in [3.63, 3.8) is 0 Å². The van der Waals surface area contributed by atoms with Crippen LogP contribution in [0.3, 0.4) is 0 Å². The van der Waals surface area contributed by atoms with Crippen LogP contribution in [0.15, 0.2) is 61.2 Å². The number of aryl methyl sites for hydroxylation is 1. The normalized spacial score (nSPS) is 20.4. The maximum atomic E-state index is 12.9. The van der Waals surface area contributed by atoms with Crippen LogP contribution < -0.4 is 5.46 Å². The van der Waals surface area contributed by atoms with Crippen molar-refractivity contribution < 1.29 is 13.7 Å². The zero-order valence-electron chi connectivity index (χ0n) is 25.2. The zero-order chi connectivity index (χ0) is 29.9. The Balaban J connectivity index is 1.31. The smallest absolute Gasteiger partial charge is 0.399 e. The van der Waals surface area contributed by atoms with E-state index >= 15 is 0 Å². The molecule has 2 saturated heterocycles. The third-order valence-electron chi connectivity index (χ3n) is 9.63. The molecule has 43 heavy (non-hydrogen) atoms. The Hall–Kier alpha value is -3.04. The number of pyridine rings is 2. The topological polar surface area (TPSA) is 51.9 Å². The molecule has 7 rings (SSSR count). The fraction of sp³-hybridized carbons (Fsp3) is 0.412. The van der Waals surface area contributed by atoms with E-state index in [1.54, 1.807) is 6.20 Å². The van der Waals surface area contributed by atoms with Gasteiger partial charge in [0.2, 0.25) is 0 Å². The van der Waals surface area contributed by atoms with Crippen LogP contribution >= 0.6 is 11.6 Å². The van der Waals surface area contributed by atoms with Gasteiger partial charge in [0.1, 0.15) is 5.65 Å². The molecule has 222 valence electrons. The summed E-state index contributed by atoms with van der Waals surface area (Å²) in [6.07, 6.45) is 10.5. The van der Waals surface area contributed by atoms with Gasteiger partial charge in [-0.1, -0.05) is 29.8 Å². The standard InChI is InChI=1S/C34H37BClFN4O2/c1-33(2)34(3,4)43-35(42-33)25-8-9-27-23(14-25)6-5-7-29(28-10-12-38-17-30(28)36)32(27)24-11-13-41-21-26(39-31(41)15-24)20-40-18-22(16-37)19-40/h8-15,17,21-22H,5-7,16,18-20H2,1-4H3. The number of benzene rings is 1. The van der Waals surface area contributed by atoms with Crippen LogP contribution in [0.1, 0.15) is 68.5 Å². The quantitative estimate of drug-likeness (QED) is 0.241. The molecular formula is C34H37BClFN4O2. The molecule has 0 radical (unpaired) electrons. The van der Waals surface area contributed by atoms with E-state index in [2.05, 4.69) is 84.7 Å². The molecule has 1 aromatic carbocycles. The van der Waals surface area contributed by atoms with Crippen molar-refractivity contribution in [3.8, 4) is 0 Å². The minimum absolute atomic E-state index is 0.162. The lowest BCUT2D eigenvalue weighted by Gasteiger charge is -2.37. The molecule has 0 N–H and O–H groups in total. The molecule has 0 amide bonds. The fourth-order valence-corrected chi connectivity index (χ4v) is 6.78. The number of allylic oxidation sites excluding steroid dienone is 1. The Morgan fingerprint density at radius 2 is 1.81 bits per heavy atom. The van der Waals surface area contributed by atoms with Gasteiger partial charge in [-0.3, -0.25) is 14.3 Å². The SMILES string of the molecule is CC1(C)OB(c2ccc3c(c2)CCCC(c2ccncc2Cl)=C3c2ccn3cc(CN4CC(CF)C4)nc3c2)OC1(C)C. The summed E-state index contributed by atoms with van der Waals surface area (Å²) in [4.78, 5) is 11.5. The van der Waals surface area contributed by atoms with E-state index in [0.717, 1.165) is 66.8 Å². The summed E-state index contributed by atoms with van der Waals surface area (Å²) in [6.45, 7) is 10.4. The second-order valence-electron chi connectivity index (χ2n) is 13.2. The molecule has 5 heterocycles. The Bertz CT molecular complexity index is 1710. The number of likely N-dealkylation sites (tertiary alicyclic amines) is 1. The summed E-state index contributed by atoms with van der Waals surface area (Å²) < 4.78 is 27.8. The van der Waals surface area contributed by atoms with Crippen LogP contribution in [0, 0.1) is 5.92 Å². The van der Waals surface area contributed by atoms with Gasteiger partial charge < -0.3 is 13.7 Å². The predicted octanol–water partition coefficient (Wildman–Crippen LogP) is 6.38. The van der Waals surface area contributed by atoms with E-state index in [1.807, 2.05) is 12.3 Å². The number of rotatable bonds is 6. The second-order valence-corrected chi connectivity index (χ2v) is 13.6. The number of aromatic nitrogens is 3. The zero-order valence-corrected chi connectivity index (χ0v) is 26.0. The number of halogens is 2. The predicted molar refractivity (Wildman–Crippen MR) is 170 cm³/mol. The first-order chi connectivity index (χ1) is 20.6. The second kappa shape index (κ2) is 10.8. The van der Waals surface area contributed by atoms with Gasteiger partial charge in [-0.25, -0.2) is 4.98 Å². The van der Waals surface area contributed by atoms with Gasteiger partial charge in [-0.15, -0.1) is 0 Å². The average molecular weight is 599 g/mol. The monoisotopic (exact) mass is 598 g/mol. The van der Waals surface area contributed by atoms with Crippen molar-refractivity contribution in [2.24, 2.45) is 5.92 Å². The summed E-state index contributed by atoms with van der Waals surface area (Å²) in [7, 11) is -0.411. The van der Waals surface area contributed by atoms with E-state index in [1.165, 1.54) is 22.3 Å². The summed E-state index contributed by atoms with van der Waals surface area (Å²) >= 11 is 6.77. The fourth-order valence-electron chi connectivity index (χ4n) is 6.55. The highest BCUT2D eigenvalue weighted by atomic mass is 35.5. The van der Waals surface area contributed by atoms with E-state index in [4.69, 9.17) is 25.9 Å². The summed E-state index contributed by atoms with van der Waals surface area (Å²) in [5.41, 5.74) is 9.08. The van der Waals surface area contributed by atoms with Gasteiger partial charge in [0.15, 0.2) is 0 Å². The molecule has 4 aromatic rings. The molecule has 9 heteroatoms. The van der Waals surface area contributed by atoms with E-state index in [-0.39, 0.29) is 12.6 Å². The van der Waals surface area contributed by atoms with Crippen molar-refractivity contribution >= 4 is 41.0 Å². The Morgan fingerprint density at radius 3 is 2.56 bits per heavy atom. The third kappa shape index (κ3) is 5.22. The number of nitrogens with zero attached hydrogens (tertiary/aromatic N) is 4. The number of hydrogen-bond donors (Lipinski definition) is 0. The van der Waals surface area contributed by atoms with E-state index < -0.39 is 18.3 Å². The molecule has 1 aliphatic carbocycles. The maximum Gasteiger partial charge on any atom is 0.494 e. The lowest BCUT2D eigenvalue weighted by molar-refractivity contribution is 0.00578. The molecule has 0 unspecified atom stereocenters. The van der Waals surface area contributed by atoms with Crippen molar-refractivity contribution in [2.45, 2.75) is 64.7 Å². The highest BCUT2D eigenvalue weighted by Crippen LogP contribution is 2.42. The lowest BCUT2D eigenvalue weighted by atomic mass is 9.76. The molecule has 0 spiro atoms. The van der Waals surface area contributed by atoms with E-state index in [0.29, 0.717) is 5.02 Å². The van der Waals surface area contributed by atoms with Crippen LogP contribution in [0.5, 0.6) is 0 Å². The number of alkyl halides is 1. The van der Waals surface area contributed by atoms with Crippen molar-refractivity contribution in [3.05, 3.63) is 94.2 Å². The Kier molecular flexibility index (Phi) is 7.24. The average Bonchev–Trinajstić information content (AvgIpc) is 3.38. The Morgan fingerprint density at radius 1 is 1.02 bits per heavy atom. The molecule has 2 aliphatic heterocycles. The number of imidazole rings is 1. The van der Waals surface area contributed by atoms with Crippen LogP contribution in [0.2, 0.25) is 5.02 Å². The highest BCUT2D eigenvalue weighted by Gasteiger charge is 2.51. The van der Waals surface area contributed by atoms with Gasteiger partial charge in [-0.05, 0) is 104 Å². The summed E-state index contributed by atoms with van der Waals surface area (Å²) in [6, 6.07) is 13.0. The first-order valence-corrected chi connectivity index (χ1v) is 15.6. The van der Waals surface area contributed by atoms with Gasteiger partial charge in [0.05, 0.1) is 28.6 Å².